The fraction of sp³-hybridized carbons (Fsp3) is 0.438. The highest BCUT2D eigenvalue weighted by molar-refractivity contribution is 7.15. The van der Waals surface area contributed by atoms with Crippen LogP contribution in [0.5, 0.6) is 5.75 Å². The monoisotopic (exact) mass is 306 g/mol. The summed E-state index contributed by atoms with van der Waals surface area (Å²) in [5.74, 6) is 0.804. The molecule has 0 fully saturated rings. The maximum atomic E-state index is 9.58. The van der Waals surface area contributed by atoms with E-state index in [2.05, 4.69) is 20.8 Å². The second-order valence-electron chi connectivity index (χ2n) is 5.91. The molecule has 5 heteroatoms. The Hall–Kier alpha value is -1.59. The number of nitrogens with zero attached hydrogens (tertiary/aromatic N) is 2. The average Bonchev–Trinajstić information content (AvgIpc) is 2.90. The number of hydrogen-bond acceptors (Lipinski definition) is 5. The van der Waals surface area contributed by atoms with E-state index in [0.717, 1.165) is 27.1 Å². The zero-order valence-electron chi connectivity index (χ0n) is 13.2. The molecule has 114 valence electrons. The van der Waals surface area contributed by atoms with Crippen molar-refractivity contribution >= 4 is 22.2 Å². The minimum Gasteiger partial charge on any atom is -0.495 e. The average molecular weight is 306 g/mol. The second kappa shape index (κ2) is 6.03. The van der Waals surface area contributed by atoms with Gasteiger partial charge in [0.05, 0.1) is 30.0 Å². The third kappa shape index (κ3) is 3.19. The normalized spacial score (nSPS) is 11.5. The van der Waals surface area contributed by atoms with E-state index in [9.17, 15) is 5.11 Å². The number of anilines is 2. The molecule has 1 heterocycles. The van der Waals surface area contributed by atoms with Gasteiger partial charge in [0, 0.05) is 12.5 Å². The number of thiazole rings is 1. The lowest BCUT2D eigenvalue weighted by Crippen LogP contribution is -2.15. The maximum Gasteiger partial charge on any atom is 0.190 e. The number of hydrogen-bond donors (Lipinski definition) is 1. The quantitative estimate of drug-likeness (QED) is 0.935. The van der Waals surface area contributed by atoms with Gasteiger partial charge in [-0.3, -0.25) is 0 Å². The first-order valence-corrected chi connectivity index (χ1v) is 7.68. The van der Waals surface area contributed by atoms with Gasteiger partial charge >= 0.3 is 0 Å². The number of aliphatic hydroxyl groups is 1. The van der Waals surface area contributed by atoms with Crippen molar-refractivity contribution in [2.45, 2.75) is 32.8 Å². The van der Waals surface area contributed by atoms with E-state index in [-0.39, 0.29) is 12.0 Å². The SMILES string of the molecule is COc1ccccc1N(C)c1nc(C(C)(C)C)c(CO)s1. The molecular weight excluding hydrogens is 284 g/mol. The van der Waals surface area contributed by atoms with Crippen LogP contribution < -0.4 is 9.64 Å². The van der Waals surface area contributed by atoms with Gasteiger partial charge in [-0.15, -0.1) is 0 Å². The molecule has 1 aromatic heterocycles. The van der Waals surface area contributed by atoms with Crippen molar-refractivity contribution < 1.29 is 9.84 Å². The molecule has 0 atom stereocenters. The third-order valence-electron chi connectivity index (χ3n) is 3.27. The van der Waals surface area contributed by atoms with Gasteiger partial charge < -0.3 is 14.7 Å². The van der Waals surface area contributed by atoms with Crippen LogP contribution in [0.15, 0.2) is 24.3 Å². The van der Waals surface area contributed by atoms with Gasteiger partial charge in [0.1, 0.15) is 5.75 Å². The zero-order valence-corrected chi connectivity index (χ0v) is 14.0. The van der Waals surface area contributed by atoms with Crippen molar-refractivity contribution in [1.82, 2.24) is 4.98 Å². The lowest BCUT2D eigenvalue weighted by atomic mass is 9.91. The molecule has 1 N–H and O–H groups in total. The van der Waals surface area contributed by atoms with E-state index in [0.29, 0.717) is 0 Å². The Labute approximate surface area is 130 Å². The maximum absolute atomic E-state index is 9.58. The molecule has 0 spiro atoms. The summed E-state index contributed by atoms with van der Waals surface area (Å²) in [6, 6.07) is 7.84. The summed E-state index contributed by atoms with van der Waals surface area (Å²) in [5.41, 5.74) is 1.82. The Bertz CT molecular complexity index is 617. The fourth-order valence-corrected chi connectivity index (χ4v) is 3.29. The highest BCUT2D eigenvalue weighted by atomic mass is 32.1. The number of aliphatic hydroxyl groups excluding tert-OH is 1. The molecule has 0 aliphatic heterocycles. The number of ether oxygens (including phenoxy) is 1. The van der Waals surface area contributed by atoms with E-state index < -0.39 is 0 Å². The first-order chi connectivity index (χ1) is 9.88. The lowest BCUT2D eigenvalue weighted by Gasteiger charge is -2.19. The molecule has 0 aliphatic carbocycles. The van der Waals surface area contributed by atoms with Crippen molar-refractivity contribution in [3.63, 3.8) is 0 Å². The molecule has 2 aromatic rings. The van der Waals surface area contributed by atoms with Gasteiger partial charge in [-0.2, -0.15) is 0 Å². The van der Waals surface area contributed by atoms with Crippen LogP contribution in [0.25, 0.3) is 0 Å². The van der Waals surface area contributed by atoms with E-state index >= 15 is 0 Å². The standard InChI is InChI=1S/C16H22N2O2S/c1-16(2,3)14-13(10-19)21-15(17-14)18(4)11-8-6-7-9-12(11)20-5/h6-9,19H,10H2,1-5H3. The van der Waals surface area contributed by atoms with Crippen LogP contribution in [0.1, 0.15) is 31.3 Å². The van der Waals surface area contributed by atoms with Crippen molar-refractivity contribution in [1.29, 1.82) is 0 Å². The van der Waals surface area contributed by atoms with Crippen LogP contribution in [0.3, 0.4) is 0 Å². The summed E-state index contributed by atoms with van der Waals surface area (Å²) in [6.07, 6.45) is 0. The summed E-state index contributed by atoms with van der Waals surface area (Å²) in [4.78, 5) is 7.65. The lowest BCUT2D eigenvalue weighted by molar-refractivity contribution is 0.282. The van der Waals surface area contributed by atoms with Gasteiger partial charge in [-0.05, 0) is 12.1 Å². The predicted octanol–water partition coefficient (Wildman–Crippen LogP) is 3.71. The molecule has 0 unspecified atom stereocenters. The van der Waals surface area contributed by atoms with Crippen LogP contribution in [0.4, 0.5) is 10.8 Å². The molecule has 0 saturated carbocycles. The van der Waals surface area contributed by atoms with Gasteiger partial charge in [0.2, 0.25) is 0 Å². The number of methoxy groups -OCH3 is 1. The zero-order chi connectivity index (χ0) is 15.6. The predicted molar refractivity (Wildman–Crippen MR) is 87.8 cm³/mol. The second-order valence-corrected chi connectivity index (χ2v) is 6.97. The third-order valence-corrected chi connectivity index (χ3v) is 4.39. The highest BCUT2D eigenvalue weighted by Crippen LogP contribution is 2.38. The van der Waals surface area contributed by atoms with E-state index in [1.807, 2.05) is 36.2 Å². The van der Waals surface area contributed by atoms with Crippen molar-refractivity contribution in [3.8, 4) is 5.75 Å². The van der Waals surface area contributed by atoms with Crippen LogP contribution in [0, 0.1) is 0 Å². The topological polar surface area (TPSA) is 45.6 Å². The summed E-state index contributed by atoms with van der Waals surface area (Å²) < 4.78 is 5.40. The molecule has 0 bridgehead atoms. The fourth-order valence-electron chi connectivity index (χ4n) is 2.19. The molecule has 0 amide bonds. The summed E-state index contributed by atoms with van der Waals surface area (Å²) in [6.45, 7) is 6.33. The Balaban J connectivity index is 2.44. The van der Waals surface area contributed by atoms with Crippen molar-refractivity contribution in [3.05, 3.63) is 34.8 Å². The molecule has 0 aliphatic rings. The highest BCUT2D eigenvalue weighted by Gasteiger charge is 2.24. The smallest absolute Gasteiger partial charge is 0.190 e. The Morgan fingerprint density at radius 2 is 1.95 bits per heavy atom. The molecule has 2 rings (SSSR count). The van der Waals surface area contributed by atoms with Crippen LogP contribution in [0.2, 0.25) is 0 Å². The van der Waals surface area contributed by atoms with E-state index in [4.69, 9.17) is 9.72 Å². The molecule has 0 saturated heterocycles. The van der Waals surface area contributed by atoms with Gasteiger partial charge in [-0.1, -0.05) is 44.2 Å². The van der Waals surface area contributed by atoms with E-state index in [1.165, 1.54) is 11.3 Å². The summed E-state index contributed by atoms with van der Waals surface area (Å²) in [7, 11) is 3.62. The number of aromatic nitrogens is 1. The Morgan fingerprint density at radius 1 is 1.29 bits per heavy atom. The van der Waals surface area contributed by atoms with Gasteiger partial charge in [-0.25, -0.2) is 4.98 Å². The van der Waals surface area contributed by atoms with Crippen LogP contribution >= 0.6 is 11.3 Å². The minimum absolute atomic E-state index is 0.0179. The summed E-state index contributed by atoms with van der Waals surface area (Å²) >= 11 is 1.52. The molecule has 21 heavy (non-hydrogen) atoms. The first kappa shape index (κ1) is 15.8. The van der Waals surface area contributed by atoms with Crippen LogP contribution in [-0.4, -0.2) is 24.2 Å². The first-order valence-electron chi connectivity index (χ1n) is 6.86. The Kier molecular flexibility index (Phi) is 4.54. The van der Waals surface area contributed by atoms with Gasteiger partial charge in [0.25, 0.3) is 0 Å². The number of para-hydroxylation sites is 2. The number of benzene rings is 1. The van der Waals surface area contributed by atoms with Gasteiger partial charge in [0.15, 0.2) is 5.13 Å². The Morgan fingerprint density at radius 3 is 2.48 bits per heavy atom. The van der Waals surface area contributed by atoms with E-state index in [1.54, 1.807) is 7.11 Å². The summed E-state index contributed by atoms with van der Waals surface area (Å²) in [5, 5.41) is 10.4. The van der Waals surface area contributed by atoms with Crippen molar-refractivity contribution in [2.75, 3.05) is 19.1 Å². The minimum atomic E-state index is -0.0889. The molecule has 1 aromatic carbocycles. The number of rotatable bonds is 4. The molecule has 0 radical (unpaired) electrons. The largest absolute Gasteiger partial charge is 0.495 e. The van der Waals surface area contributed by atoms with Crippen LogP contribution in [-0.2, 0) is 12.0 Å². The molecule has 4 nitrogen and oxygen atoms in total. The van der Waals surface area contributed by atoms with Crippen molar-refractivity contribution in [2.24, 2.45) is 0 Å². The molecular formula is C16H22N2O2S.